The highest BCUT2D eigenvalue weighted by atomic mass is 32.1. The molecule has 1 aliphatic heterocycles. The molecule has 2 aliphatic rings. The Morgan fingerprint density at radius 2 is 1.61 bits per heavy atom. The van der Waals surface area contributed by atoms with Gasteiger partial charge in [0.25, 0.3) is 0 Å². The van der Waals surface area contributed by atoms with Gasteiger partial charge in [0.1, 0.15) is 4.88 Å². The molecule has 0 atom stereocenters. The fourth-order valence-electron chi connectivity index (χ4n) is 4.97. The van der Waals surface area contributed by atoms with Gasteiger partial charge in [-0.25, -0.2) is 9.59 Å². The topological polar surface area (TPSA) is 98.2 Å². The molecule has 2 aromatic rings. The third kappa shape index (κ3) is 5.05. The molecule has 7 nitrogen and oxygen atoms in total. The molecule has 33 heavy (non-hydrogen) atoms. The van der Waals surface area contributed by atoms with Gasteiger partial charge >= 0.3 is 12.1 Å². The number of rotatable bonds is 5. The predicted molar refractivity (Wildman–Crippen MR) is 128 cm³/mol. The maximum Gasteiger partial charge on any atom is 0.407 e. The molecule has 1 aliphatic carbocycles. The van der Waals surface area contributed by atoms with E-state index in [1.165, 1.54) is 16.2 Å². The second-order valence-corrected chi connectivity index (χ2v) is 10.2. The van der Waals surface area contributed by atoms with Crippen LogP contribution in [0.4, 0.5) is 10.5 Å². The fraction of sp³-hybridized carbons (Fsp3) is 0.480. The Balaban J connectivity index is 1.71. The van der Waals surface area contributed by atoms with Crippen molar-refractivity contribution in [3.8, 4) is 10.4 Å². The molecule has 4 rings (SSSR count). The molecule has 1 saturated heterocycles. The van der Waals surface area contributed by atoms with E-state index in [1.54, 1.807) is 4.90 Å². The normalized spacial score (nSPS) is 21.5. The van der Waals surface area contributed by atoms with Crippen molar-refractivity contribution in [3.05, 3.63) is 41.3 Å². The minimum Gasteiger partial charge on any atom is -0.477 e. The molecule has 0 spiro atoms. The quantitative estimate of drug-likeness (QED) is 0.608. The Morgan fingerprint density at radius 3 is 2.18 bits per heavy atom. The minimum absolute atomic E-state index is 0.0180. The Morgan fingerprint density at radius 1 is 0.970 bits per heavy atom. The number of piperidine rings is 1. The average Bonchev–Trinajstić information content (AvgIpc) is 3.26. The van der Waals surface area contributed by atoms with E-state index in [2.05, 4.69) is 6.92 Å². The summed E-state index contributed by atoms with van der Waals surface area (Å²) in [5.74, 6) is -0.590. The Labute approximate surface area is 197 Å². The maximum absolute atomic E-state index is 13.8. The zero-order chi connectivity index (χ0) is 23.5. The van der Waals surface area contributed by atoms with Gasteiger partial charge in [-0.05, 0) is 56.1 Å². The largest absolute Gasteiger partial charge is 0.477 e. The number of carbonyl (C=O) groups excluding carboxylic acids is 1. The van der Waals surface area contributed by atoms with Gasteiger partial charge < -0.3 is 20.0 Å². The van der Waals surface area contributed by atoms with Gasteiger partial charge in [0.15, 0.2) is 0 Å². The van der Waals surface area contributed by atoms with E-state index in [0.29, 0.717) is 37.5 Å². The lowest BCUT2D eigenvalue weighted by molar-refractivity contribution is -0.124. The van der Waals surface area contributed by atoms with Crippen LogP contribution in [0.15, 0.2) is 36.4 Å². The number of carbonyl (C=O) groups is 3. The number of thiophene rings is 1. The first kappa shape index (κ1) is 23.3. The zero-order valence-electron chi connectivity index (χ0n) is 18.8. The lowest BCUT2D eigenvalue weighted by atomic mass is 9.82. The molecule has 2 amide bonds. The molecule has 0 bridgehead atoms. The molecule has 1 aromatic heterocycles. The number of benzene rings is 1. The Hall–Kier alpha value is -2.87. The highest BCUT2D eigenvalue weighted by molar-refractivity contribution is 7.18. The summed E-state index contributed by atoms with van der Waals surface area (Å²) in [7, 11) is 0. The van der Waals surface area contributed by atoms with Crippen LogP contribution in [0.2, 0.25) is 0 Å². The summed E-state index contributed by atoms with van der Waals surface area (Å²) in [4.78, 5) is 41.5. The highest BCUT2D eigenvalue weighted by Crippen LogP contribution is 2.41. The van der Waals surface area contributed by atoms with Crippen LogP contribution in [0.1, 0.15) is 55.1 Å². The standard InChI is InChI=1S/C25H30N2O5S/c1-16-7-9-18(10-8-16)23(28)27(19-11-13-26(14-12-19)25(31)32)20-15-21(33-22(20)24(29)30)17-5-3-2-4-6-17/h2-6,15-16,18-19H,7-14H2,1H3,(H,29,30)(H,31,32). The summed E-state index contributed by atoms with van der Waals surface area (Å²) in [6.45, 7) is 2.88. The van der Waals surface area contributed by atoms with Crippen LogP contribution in [0.5, 0.6) is 0 Å². The highest BCUT2D eigenvalue weighted by Gasteiger charge is 2.37. The van der Waals surface area contributed by atoms with Crippen molar-refractivity contribution in [3.63, 3.8) is 0 Å². The summed E-state index contributed by atoms with van der Waals surface area (Å²) in [5, 5.41) is 19.3. The number of amides is 2. The van der Waals surface area contributed by atoms with Gasteiger partial charge in [-0.3, -0.25) is 4.79 Å². The van der Waals surface area contributed by atoms with Crippen molar-refractivity contribution in [2.45, 2.75) is 51.5 Å². The number of hydrogen-bond donors (Lipinski definition) is 2. The summed E-state index contributed by atoms with van der Waals surface area (Å²) in [6.07, 6.45) is 3.64. The van der Waals surface area contributed by atoms with Crippen molar-refractivity contribution in [2.75, 3.05) is 18.0 Å². The second-order valence-electron chi connectivity index (χ2n) is 9.16. The first-order valence-corrected chi connectivity index (χ1v) is 12.4. The van der Waals surface area contributed by atoms with Crippen molar-refractivity contribution < 1.29 is 24.6 Å². The molecule has 2 N–H and O–H groups in total. The lowest BCUT2D eigenvalue weighted by Gasteiger charge is -2.40. The van der Waals surface area contributed by atoms with E-state index < -0.39 is 12.1 Å². The van der Waals surface area contributed by atoms with Gasteiger partial charge in [-0.15, -0.1) is 11.3 Å². The molecule has 0 radical (unpaired) electrons. The smallest absolute Gasteiger partial charge is 0.407 e. The van der Waals surface area contributed by atoms with E-state index in [1.807, 2.05) is 36.4 Å². The van der Waals surface area contributed by atoms with Gasteiger partial charge in [0.05, 0.1) is 5.69 Å². The van der Waals surface area contributed by atoms with E-state index >= 15 is 0 Å². The van der Waals surface area contributed by atoms with Gasteiger partial charge in [-0.1, -0.05) is 37.3 Å². The molecule has 176 valence electrons. The first-order valence-electron chi connectivity index (χ1n) is 11.6. The number of nitrogens with zero attached hydrogens (tertiary/aromatic N) is 2. The molecule has 0 unspecified atom stereocenters. The summed E-state index contributed by atoms with van der Waals surface area (Å²) in [5.41, 5.74) is 1.36. The van der Waals surface area contributed by atoms with E-state index in [4.69, 9.17) is 0 Å². The number of anilines is 1. The van der Waals surface area contributed by atoms with Gasteiger partial charge in [-0.2, -0.15) is 0 Å². The lowest BCUT2D eigenvalue weighted by Crippen LogP contribution is -2.51. The van der Waals surface area contributed by atoms with Crippen LogP contribution in [0, 0.1) is 11.8 Å². The third-order valence-corrected chi connectivity index (χ3v) is 8.09. The van der Waals surface area contributed by atoms with Crippen LogP contribution < -0.4 is 4.90 Å². The van der Waals surface area contributed by atoms with E-state index in [0.717, 1.165) is 36.1 Å². The number of carboxylic acid groups (broad SMARTS) is 2. The monoisotopic (exact) mass is 470 g/mol. The third-order valence-electron chi connectivity index (χ3n) is 6.93. The van der Waals surface area contributed by atoms with Crippen LogP contribution >= 0.6 is 11.3 Å². The molecule has 2 fully saturated rings. The molecule has 8 heteroatoms. The zero-order valence-corrected chi connectivity index (χ0v) is 19.6. The van der Waals surface area contributed by atoms with Crippen molar-refractivity contribution in [2.24, 2.45) is 11.8 Å². The van der Waals surface area contributed by atoms with Crippen LogP contribution in [0.25, 0.3) is 10.4 Å². The molecule has 2 heterocycles. The van der Waals surface area contributed by atoms with Crippen LogP contribution in [0.3, 0.4) is 0 Å². The number of likely N-dealkylation sites (tertiary alicyclic amines) is 1. The number of hydrogen-bond acceptors (Lipinski definition) is 4. The van der Waals surface area contributed by atoms with Gasteiger partial charge in [0.2, 0.25) is 5.91 Å². The van der Waals surface area contributed by atoms with Crippen molar-refractivity contribution in [1.82, 2.24) is 4.90 Å². The number of carboxylic acids is 1. The SMILES string of the molecule is CC1CCC(C(=O)N(c2cc(-c3ccccc3)sc2C(=O)O)C2CCN(C(=O)O)CC2)CC1. The van der Waals surface area contributed by atoms with Gasteiger partial charge in [0, 0.05) is 29.9 Å². The van der Waals surface area contributed by atoms with E-state index in [-0.39, 0.29) is 22.7 Å². The van der Waals surface area contributed by atoms with E-state index in [9.17, 15) is 24.6 Å². The number of aromatic carboxylic acids is 1. The first-order chi connectivity index (χ1) is 15.8. The summed E-state index contributed by atoms with van der Waals surface area (Å²) in [6, 6.07) is 11.2. The van der Waals surface area contributed by atoms with Crippen LogP contribution in [-0.2, 0) is 4.79 Å². The maximum atomic E-state index is 13.8. The minimum atomic E-state index is -1.05. The molecular weight excluding hydrogens is 440 g/mol. The molecule has 1 saturated carbocycles. The van der Waals surface area contributed by atoms with Crippen molar-refractivity contribution >= 4 is 35.0 Å². The average molecular weight is 471 g/mol. The summed E-state index contributed by atoms with van der Waals surface area (Å²) >= 11 is 1.18. The van der Waals surface area contributed by atoms with Crippen molar-refractivity contribution in [1.29, 1.82) is 0 Å². The second kappa shape index (κ2) is 9.95. The van der Waals surface area contributed by atoms with Crippen LogP contribution in [-0.4, -0.2) is 52.2 Å². The molecule has 1 aromatic carbocycles. The Bertz CT molecular complexity index is 1010. The predicted octanol–water partition coefficient (Wildman–Crippen LogP) is 5.42. The summed E-state index contributed by atoms with van der Waals surface area (Å²) < 4.78 is 0. The molecular formula is C25H30N2O5S. The Kier molecular flexibility index (Phi) is 7.02. The fourth-order valence-corrected chi connectivity index (χ4v) is 5.97.